The molecule has 128 valence electrons. The smallest absolute Gasteiger partial charge is 0.239 e. The van der Waals surface area contributed by atoms with Crippen molar-refractivity contribution in [3.8, 4) is 0 Å². The van der Waals surface area contributed by atoms with Crippen LogP contribution in [0.15, 0.2) is 48.5 Å². The fourth-order valence-electron chi connectivity index (χ4n) is 2.60. The first-order chi connectivity index (χ1) is 11.4. The lowest BCUT2D eigenvalue weighted by Crippen LogP contribution is -2.25. The third kappa shape index (κ3) is 5.49. The molecule has 24 heavy (non-hydrogen) atoms. The third-order valence-corrected chi connectivity index (χ3v) is 5.47. The molecular weight excluding hydrogens is 322 g/mol. The first-order valence-electron chi connectivity index (χ1n) is 7.98. The average molecular weight is 345 g/mol. The van der Waals surface area contributed by atoms with E-state index in [-0.39, 0.29) is 5.75 Å². The maximum absolute atomic E-state index is 12.1. The van der Waals surface area contributed by atoms with Gasteiger partial charge in [0.1, 0.15) is 5.75 Å². The molecular formula is C19H23NO3S. The number of benzene rings is 2. The number of sulfone groups is 1. The average Bonchev–Trinajstić information content (AvgIpc) is 2.51. The summed E-state index contributed by atoms with van der Waals surface area (Å²) >= 11 is 0. The highest BCUT2D eigenvalue weighted by Gasteiger charge is 2.17. The molecule has 2 rings (SSSR count). The number of hydrogen-bond donors (Lipinski definition) is 1. The number of carbonyl (C=O) groups is 1. The number of rotatable bonds is 7. The summed E-state index contributed by atoms with van der Waals surface area (Å²) < 4.78 is 24.3. The van der Waals surface area contributed by atoms with Gasteiger partial charge in [0.15, 0.2) is 9.84 Å². The molecule has 0 aliphatic heterocycles. The Labute approximate surface area is 143 Å². The predicted molar refractivity (Wildman–Crippen MR) is 98.0 cm³/mol. The summed E-state index contributed by atoms with van der Waals surface area (Å²) in [7, 11) is -3.41. The Balaban J connectivity index is 1.88. The summed E-state index contributed by atoms with van der Waals surface area (Å²) in [5.41, 5.74) is 3.64. The highest BCUT2D eigenvalue weighted by atomic mass is 32.2. The van der Waals surface area contributed by atoms with E-state index in [1.165, 1.54) is 0 Å². The van der Waals surface area contributed by atoms with Crippen LogP contribution in [0.3, 0.4) is 0 Å². The maximum atomic E-state index is 12.1. The van der Waals surface area contributed by atoms with Crippen LogP contribution in [0.5, 0.6) is 0 Å². The zero-order valence-electron chi connectivity index (χ0n) is 14.1. The molecule has 2 aromatic rings. The van der Waals surface area contributed by atoms with Gasteiger partial charge in [-0.1, -0.05) is 48.5 Å². The first-order valence-corrected chi connectivity index (χ1v) is 9.80. The summed E-state index contributed by atoms with van der Waals surface area (Å²) in [5.74, 6) is -0.940. The quantitative estimate of drug-likeness (QED) is 0.837. The fourth-order valence-corrected chi connectivity index (χ4v) is 3.80. The molecule has 0 unspecified atom stereocenters. The van der Waals surface area contributed by atoms with Crippen molar-refractivity contribution < 1.29 is 13.2 Å². The van der Waals surface area contributed by atoms with Crippen LogP contribution in [0.4, 0.5) is 5.69 Å². The minimum absolute atomic E-state index is 0.0159. The molecule has 0 saturated carbocycles. The second-order valence-electron chi connectivity index (χ2n) is 6.00. The number of carbonyl (C=O) groups excluding carboxylic acids is 1. The highest BCUT2D eigenvalue weighted by molar-refractivity contribution is 7.92. The van der Waals surface area contributed by atoms with Crippen molar-refractivity contribution in [2.24, 2.45) is 0 Å². The van der Waals surface area contributed by atoms with Crippen LogP contribution >= 0.6 is 0 Å². The van der Waals surface area contributed by atoms with E-state index in [9.17, 15) is 13.2 Å². The summed E-state index contributed by atoms with van der Waals surface area (Å²) in [6.07, 6.45) is 1.21. The Morgan fingerprint density at radius 3 is 2.21 bits per heavy atom. The zero-order chi connectivity index (χ0) is 17.6. The van der Waals surface area contributed by atoms with Crippen molar-refractivity contribution in [3.63, 3.8) is 0 Å². The minimum atomic E-state index is -3.41. The topological polar surface area (TPSA) is 63.2 Å². The van der Waals surface area contributed by atoms with Crippen LogP contribution in [-0.2, 0) is 21.1 Å². The Morgan fingerprint density at radius 2 is 1.58 bits per heavy atom. The van der Waals surface area contributed by atoms with Crippen molar-refractivity contribution in [1.82, 2.24) is 0 Å². The van der Waals surface area contributed by atoms with Gasteiger partial charge in [0, 0.05) is 5.69 Å². The van der Waals surface area contributed by atoms with E-state index in [1.807, 2.05) is 62.4 Å². The van der Waals surface area contributed by atoms with Crippen LogP contribution in [0.25, 0.3) is 0 Å². The highest BCUT2D eigenvalue weighted by Crippen LogP contribution is 2.19. The molecule has 0 spiro atoms. The molecule has 1 N–H and O–H groups in total. The molecule has 0 radical (unpaired) electrons. The summed E-state index contributed by atoms with van der Waals surface area (Å²) in [5, 5.41) is 2.72. The van der Waals surface area contributed by atoms with E-state index in [0.717, 1.165) is 16.7 Å². The standard InChI is InChI=1S/C19H23NO3S/c1-15-8-6-9-16(2)19(15)20-18(21)14-24(22,23)13-7-12-17-10-4-3-5-11-17/h3-6,8-11H,7,12-14H2,1-2H3,(H,20,21). The van der Waals surface area contributed by atoms with E-state index in [4.69, 9.17) is 0 Å². The fraction of sp³-hybridized carbons (Fsp3) is 0.316. The molecule has 0 aromatic heterocycles. The molecule has 0 saturated heterocycles. The Kier molecular flexibility index (Phi) is 6.15. The lowest BCUT2D eigenvalue weighted by atomic mass is 10.1. The SMILES string of the molecule is Cc1cccc(C)c1NC(=O)CS(=O)(=O)CCCc1ccccc1. The van der Waals surface area contributed by atoms with Crippen molar-refractivity contribution in [2.45, 2.75) is 26.7 Å². The van der Waals surface area contributed by atoms with Gasteiger partial charge >= 0.3 is 0 Å². The Bertz CT molecular complexity index is 778. The monoisotopic (exact) mass is 345 g/mol. The van der Waals surface area contributed by atoms with E-state index in [0.29, 0.717) is 18.5 Å². The minimum Gasteiger partial charge on any atom is -0.325 e. The van der Waals surface area contributed by atoms with E-state index in [2.05, 4.69) is 5.32 Å². The Morgan fingerprint density at radius 1 is 0.958 bits per heavy atom. The summed E-state index contributed by atoms with van der Waals surface area (Å²) in [4.78, 5) is 12.1. The number of amides is 1. The lowest BCUT2D eigenvalue weighted by Gasteiger charge is -2.11. The molecule has 0 aliphatic carbocycles. The molecule has 4 nitrogen and oxygen atoms in total. The first kappa shape index (κ1) is 18.2. The normalized spacial score (nSPS) is 11.2. The van der Waals surface area contributed by atoms with E-state index >= 15 is 0 Å². The van der Waals surface area contributed by atoms with Gasteiger partial charge in [0.2, 0.25) is 5.91 Å². The second kappa shape index (κ2) is 8.11. The number of nitrogens with one attached hydrogen (secondary N) is 1. The molecule has 1 amide bonds. The zero-order valence-corrected chi connectivity index (χ0v) is 14.9. The van der Waals surface area contributed by atoms with Crippen LogP contribution in [-0.4, -0.2) is 25.8 Å². The van der Waals surface area contributed by atoms with Crippen LogP contribution in [0, 0.1) is 13.8 Å². The van der Waals surface area contributed by atoms with Crippen LogP contribution < -0.4 is 5.32 Å². The van der Waals surface area contributed by atoms with Gasteiger partial charge < -0.3 is 5.32 Å². The second-order valence-corrected chi connectivity index (χ2v) is 8.18. The van der Waals surface area contributed by atoms with Crippen molar-refractivity contribution in [1.29, 1.82) is 0 Å². The summed E-state index contributed by atoms with van der Waals surface area (Å²) in [6.45, 7) is 3.77. The molecule has 0 fully saturated rings. The predicted octanol–water partition coefficient (Wildman–Crippen LogP) is 3.29. The number of para-hydroxylation sites is 1. The maximum Gasteiger partial charge on any atom is 0.239 e. The molecule has 0 heterocycles. The van der Waals surface area contributed by atoms with E-state index < -0.39 is 21.5 Å². The molecule has 0 aliphatic rings. The van der Waals surface area contributed by atoms with Gasteiger partial charge in [-0.3, -0.25) is 4.79 Å². The van der Waals surface area contributed by atoms with Gasteiger partial charge in [-0.2, -0.15) is 0 Å². The van der Waals surface area contributed by atoms with Crippen molar-refractivity contribution in [3.05, 3.63) is 65.2 Å². The number of anilines is 1. The molecule has 0 atom stereocenters. The van der Waals surface area contributed by atoms with E-state index in [1.54, 1.807) is 0 Å². The lowest BCUT2D eigenvalue weighted by molar-refractivity contribution is -0.113. The van der Waals surface area contributed by atoms with Crippen LogP contribution in [0.2, 0.25) is 0 Å². The number of hydrogen-bond acceptors (Lipinski definition) is 3. The molecule has 5 heteroatoms. The molecule has 2 aromatic carbocycles. The van der Waals surface area contributed by atoms with Crippen LogP contribution in [0.1, 0.15) is 23.1 Å². The van der Waals surface area contributed by atoms with Gasteiger partial charge in [-0.15, -0.1) is 0 Å². The third-order valence-electron chi connectivity index (χ3n) is 3.86. The largest absolute Gasteiger partial charge is 0.325 e. The van der Waals surface area contributed by atoms with Gasteiger partial charge in [0.25, 0.3) is 0 Å². The van der Waals surface area contributed by atoms with Gasteiger partial charge in [-0.25, -0.2) is 8.42 Å². The van der Waals surface area contributed by atoms with Gasteiger partial charge in [-0.05, 0) is 43.4 Å². The van der Waals surface area contributed by atoms with Crippen molar-refractivity contribution >= 4 is 21.4 Å². The van der Waals surface area contributed by atoms with Crippen molar-refractivity contribution in [2.75, 3.05) is 16.8 Å². The summed E-state index contributed by atoms with van der Waals surface area (Å²) in [6, 6.07) is 15.4. The number of aryl methyl sites for hydroxylation is 3. The van der Waals surface area contributed by atoms with Gasteiger partial charge in [0.05, 0.1) is 5.75 Å². The molecule has 0 bridgehead atoms. The Hall–Kier alpha value is -2.14.